The van der Waals surface area contributed by atoms with Crippen molar-refractivity contribution in [3.05, 3.63) is 35.5 Å². The summed E-state index contributed by atoms with van der Waals surface area (Å²) in [4.78, 5) is 33.5. The molecule has 7 nitrogen and oxygen atoms in total. The third kappa shape index (κ3) is 3.14. The first-order valence-electron chi connectivity index (χ1n) is 5.73. The van der Waals surface area contributed by atoms with E-state index in [1.165, 1.54) is 13.2 Å². The fraction of sp³-hybridized carbons (Fsp3) is 0.154. The van der Waals surface area contributed by atoms with E-state index in [2.05, 4.69) is 15.4 Å². The lowest BCUT2D eigenvalue weighted by atomic mass is 10.1. The largest absolute Gasteiger partial charge is 0.481 e. The van der Waals surface area contributed by atoms with Crippen molar-refractivity contribution in [2.24, 2.45) is 0 Å². The standard InChI is InChI=1S/C13H12N2O5/c1-19-11(16)7-20-10-5-3-2-4-8(10)6-9-12(17)15-13(18)14-9/h2-6H,7H2,1H3,(H2,14,15,17,18)/b9-6+. The highest BCUT2D eigenvalue weighted by Crippen LogP contribution is 2.21. The van der Waals surface area contributed by atoms with Gasteiger partial charge in [-0.3, -0.25) is 10.1 Å². The van der Waals surface area contributed by atoms with Crippen molar-refractivity contribution in [2.75, 3.05) is 13.7 Å². The molecule has 1 saturated heterocycles. The van der Waals surface area contributed by atoms with Crippen LogP contribution in [0.25, 0.3) is 6.08 Å². The average molecular weight is 276 g/mol. The van der Waals surface area contributed by atoms with Crippen LogP contribution in [0.5, 0.6) is 5.75 Å². The van der Waals surface area contributed by atoms with E-state index < -0.39 is 17.9 Å². The van der Waals surface area contributed by atoms with Gasteiger partial charge >= 0.3 is 12.0 Å². The Balaban J connectivity index is 2.20. The Morgan fingerprint density at radius 2 is 2.00 bits per heavy atom. The first kappa shape index (κ1) is 13.6. The van der Waals surface area contributed by atoms with E-state index in [4.69, 9.17) is 4.74 Å². The smallest absolute Gasteiger partial charge is 0.343 e. The van der Waals surface area contributed by atoms with Crippen LogP contribution in [0.1, 0.15) is 5.56 Å². The summed E-state index contributed by atoms with van der Waals surface area (Å²) in [6, 6.07) is 6.23. The van der Waals surface area contributed by atoms with E-state index >= 15 is 0 Å². The molecule has 0 unspecified atom stereocenters. The molecule has 0 saturated carbocycles. The van der Waals surface area contributed by atoms with Gasteiger partial charge in [0.2, 0.25) is 0 Å². The molecule has 0 bridgehead atoms. The van der Waals surface area contributed by atoms with Crippen molar-refractivity contribution in [3.63, 3.8) is 0 Å². The Labute approximate surface area is 114 Å². The van der Waals surface area contributed by atoms with Crippen LogP contribution in [0.3, 0.4) is 0 Å². The van der Waals surface area contributed by atoms with Gasteiger partial charge in [0.05, 0.1) is 7.11 Å². The molecule has 0 aliphatic carbocycles. The Bertz CT molecular complexity index is 594. The van der Waals surface area contributed by atoms with Crippen LogP contribution in [-0.4, -0.2) is 31.6 Å². The molecule has 0 aromatic heterocycles. The summed E-state index contributed by atoms with van der Waals surface area (Å²) in [5.41, 5.74) is 0.674. The molecular weight excluding hydrogens is 264 g/mol. The number of benzene rings is 1. The molecule has 1 aliphatic heterocycles. The minimum Gasteiger partial charge on any atom is -0.481 e. The lowest BCUT2D eigenvalue weighted by Gasteiger charge is -2.08. The zero-order valence-corrected chi connectivity index (χ0v) is 10.6. The number of urea groups is 1. The number of hydrogen-bond acceptors (Lipinski definition) is 5. The second-order valence-electron chi connectivity index (χ2n) is 3.87. The average Bonchev–Trinajstić information content (AvgIpc) is 2.75. The van der Waals surface area contributed by atoms with E-state index in [1.54, 1.807) is 24.3 Å². The van der Waals surface area contributed by atoms with Crippen molar-refractivity contribution >= 4 is 24.0 Å². The molecule has 1 aliphatic rings. The normalized spacial score (nSPS) is 15.8. The summed E-state index contributed by atoms with van der Waals surface area (Å²) in [6.45, 7) is -0.241. The molecule has 1 fully saturated rings. The fourth-order valence-corrected chi connectivity index (χ4v) is 1.56. The van der Waals surface area contributed by atoms with E-state index in [1.807, 2.05) is 0 Å². The molecule has 3 amide bonds. The Morgan fingerprint density at radius 3 is 2.65 bits per heavy atom. The molecule has 0 radical (unpaired) electrons. The summed E-state index contributed by atoms with van der Waals surface area (Å²) < 4.78 is 9.77. The molecule has 1 aromatic rings. The van der Waals surface area contributed by atoms with Crippen LogP contribution in [0, 0.1) is 0 Å². The van der Waals surface area contributed by atoms with Crippen LogP contribution >= 0.6 is 0 Å². The van der Waals surface area contributed by atoms with Gasteiger partial charge in [-0.25, -0.2) is 9.59 Å². The maximum Gasteiger partial charge on any atom is 0.343 e. The fourth-order valence-electron chi connectivity index (χ4n) is 1.56. The van der Waals surface area contributed by atoms with Crippen LogP contribution < -0.4 is 15.4 Å². The molecule has 0 spiro atoms. The SMILES string of the molecule is COC(=O)COc1ccccc1/C=C1/NC(=O)NC1=O. The lowest BCUT2D eigenvalue weighted by Crippen LogP contribution is -2.22. The number of carbonyl (C=O) groups is 3. The second-order valence-corrected chi connectivity index (χ2v) is 3.87. The number of carbonyl (C=O) groups excluding carboxylic acids is 3. The highest BCUT2D eigenvalue weighted by Gasteiger charge is 2.23. The van der Waals surface area contributed by atoms with Crippen molar-refractivity contribution in [3.8, 4) is 5.75 Å². The highest BCUT2D eigenvalue weighted by molar-refractivity contribution is 6.14. The number of methoxy groups -OCH3 is 1. The number of esters is 1. The molecule has 20 heavy (non-hydrogen) atoms. The molecule has 1 aromatic carbocycles. The van der Waals surface area contributed by atoms with Gasteiger partial charge in [0.1, 0.15) is 11.4 Å². The molecular formula is C13H12N2O5. The molecule has 2 N–H and O–H groups in total. The van der Waals surface area contributed by atoms with E-state index in [0.29, 0.717) is 11.3 Å². The molecule has 1 heterocycles. The van der Waals surface area contributed by atoms with Gasteiger partial charge in [-0.05, 0) is 12.1 Å². The zero-order chi connectivity index (χ0) is 14.5. The number of nitrogens with one attached hydrogen (secondary N) is 2. The Morgan fingerprint density at radius 1 is 1.25 bits per heavy atom. The molecule has 0 atom stereocenters. The summed E-state index contributed by atoms with van der Waals surface area (Å²) in [5, 5.41) is 4.46. The predicted molar refractivity (Wildman–Crippen MR) is 68.6 cm³/mol. The van der Waals surface area contributed by atoms with Crippen LogP contribution in [0.4, 0.5) is 4.79 Å². The molecule has 7 heteroatoms. The van der Waals surface area contributed by atoms with Crippen LogP contribution in [0.15, 0.2) is 30.0 Å². The van der Waals surface area contributed by atoms with Gasteiger partial charge in [-0.15, -0.1) is 0 Å². The summed E-state index contributed by atoms with van der Waals surface area (Å²) in [7, 11) is 1.26. The van der Waals surface area contributed by atoms with Gasteiger partial charge in [-0.2, -0.15) is 0 Å². The second kappa shape index (κ2) is 5.87. The Kier molecular flexibility index (Phi) is 3.99. The summed E-state index contributed by atoms with van der Waals surface area (Å²) in [5.74, 6) is -0.628. The minimum atomic E-state index is -0.575. The van der Waals surface area contributed by atoms with Crippen LogP contribution in [-0.2, 0) is 14.3 Å². The van der Waals surface area contributed by atoms with Crippen LogP contribution in [0.2, 0.25) is 0 Å². The van der Waals surface area contributed by atoms with Crippen molar-refractivity contribution in [2.45, 2.75) is 0 Å². The summed E-state index contributed by atoms with van der Waals surface area (Å²) in [6.07, 6.45) is 1.47. The predicted octanol–water partition coefficient (Wildman–Crippen LogP) is 0.419. The quantitative estimate of drug-likeness (QED) is 0.472. The Hall–Kier alpha value is -2.83. The van der Waals surface area contributed by atoms with Crippen molar-refractivity contribution < 1.29 is 23.9 Å². The number of ether oxygens (including phenoxy) is 2. The summed E-state index contributed by atoms with van der Waals surface area (Å²) >= 11 is 0. The van der Waals surface area contributed by atoms with Gasteiger partial charge in [0.25, 0.3) is 5.91 Å². The number of amides is 3. The number of hydrogen-bond donors (Lipinski definition) is 2. The van der Waals surface area contributed by atoms with E-state index in [9.17, 15) is 14.4 Å². The zero-order valence-electron chi connectivity index (χ0n) is 10.6. The van der Waals surface area contributed by atoms with Crippen molar-refractivity contribution in [1.29, 1.82) is 0 Å². The molecule has 2 rings (SSSR count). The van der Waals surface area contributed by atoms with Gasteiger partial charge in [0.15, 0.2) is 6.61 Å². The highest BCUT2D eigenvalue weighted by atomic mass is 16.6. The monoisotopic (exact) mass is 276 g/mol. The van der Waals surface area contributed by atoms with Gasteiger partial charge in [-0.1, -0.05) is 18.2 Å². The number of rotatable bonds is 4. The third-order valence-electron chi connectivity index (χ3n) is 2.51. The first-order chi connectivity index (χ1) is 9.60. The number of para-hydroxylation sites is 1. The number of imide groups is 1. The maximum atomic E-state index is 11.4. The van der Waals surface area contributed by atoms with Crippen molar-refractivity contribution in [1.82, 2.24) is 10.6 Å². The third-order valence-corrected chi connectivity index (χ3v) is 2.51. The van der Waals surface area contributed by atoms with E-state index in [-0.39, 0.29) is 12.3 Å². The molecule has 104 valence electrons. The minimum absolute atomic E-state index is 0.115. The maximum absolute atomic E-state index is 11.4. The van der Waals surface area contributed by atoms with Gasteiger partial charge in [0, 0.05) is 5.56 Å². The van der Waals surface area contributed by atoms with E-state index in [0.717, 1.165) is 0 Å². The van der Waals surface area contributed by atoms with Gasteiger partial charge < -0.3 is 14.8 Å². The lowest BCUT2D eigenvalue weighted by molar-refractivity contribution is -0.142. The first-order valence-corrected chi connectivity index (χ1v) is 5.73. The topological polar surface area (TPSA) is 93.7 Å².